The minimum Gasteiger partial charge on any atom is -0.367 e. The second-order valence-corrected chi connectivity index (χ2v) is 12.3. The molecule has 2 N–H and O–H groups in total. The summed E-state index contributed by atoms with van der Waals surface area (Å²) in [6, 6.07) is 10.5. The van der Waals surface area contributed by atoms with Crippen LogP contribution >= 0.6 is 11.3 Å². The van der Waals surface area contributed by atoms with Crippen molar-refractivity contribution in [1.29, 1.82) is 5.26 Å². The summed E-state index contributed by atoms with van der Waals surface area (Å²) in [5.41, 5.74) is 4.28. The van der Waals surface area contributed by atoms with Gasteiger partial charge in [-0.05, 0) is 62.2 Å². The van der Waals surface area contributed by atoms with Gasteiger partial charge in [0.25, 0.3) is 0 Å². The van der Waals surface area contributed by atoms with Crippen molar-refractivity contribution in [1.82, 2.24) is 24.3 Å². The number of likely N-dealkylation sites (tertiary alicyclic amines) is 1. The fourth-order valence-electron chi connectivity index (χ4n) is 5.95. The van der Waals surface area contributed by atoms with Gasteiger partial charge in [-0.3, -0.25) is 4.90 Å². The number of thiophene rings is 1. The zero-order chi connectivity index (χ0) is 30.7. The summed E-state index contributed by atoms with van der Waals surface area (Å²) in [4.78, 5) is 14.5. The first kappa shape index (κ1) is 31.0. The minimum atomic E-state index is -4.27. The number of benzene rings is 1. The Labute approximate surface area is 254 Å². The number of nitriles is 1. The van der Waals surface area contributed by atoms with Crippen LogP contribution in [0.1, 0.15) is 48.4 Å². The van der Waals surface area contributed by atoms with Gasteiger partial charge in [-0.1, -0.05) is 19.9 Å². The highest BCUT2D eigenvalue weighted by Gasteiger charge is 2.29. The molecule has 43 heavy (non-hydrogen) atoms. The van der Waals surface area contributed by atoms with Crippen LogP contribution in [-0.4, -0.2) is 76.3 Å². The number of fused-ring (bicyclic) bond motifs is 2. The number of likely N-dealkylation sites (N-methyl/N-ethyl adjacent to an activating group) is 1. The molecular formula is C31H39F3N8S. The van der Waals surface area contributed by atoms with Gasteiger partial charge in [0.2, 0.25) is 5.95 Å². The summed E-state index contributed by atoms with van der Waals surface area (Å²) >= 11 is 1.06. The van der Waals surface area contributed by atoms with Crippen LogP contribution in [-0.2, 0) is 19.5 Å². The highest BCUT2D eigenvalue weighted by molar-refractivity contribution is 7.18. The molecular weight excluding hydrogens is 573 g/mol. The highest BCUT2D eigenvalue weighted by atomic mass is 32.1. The van der Waals surface area contributed by atoms with Gasteiger partial charge in [0, 0.05) is 61.6 Å². The monoisotopic (exact) mass is 612 g/mol. The van der Waals surface area contributed by atoms with Crippen LogP contribution in [0.25, 0.3) is 21.1 Å². The fourth-order valence-corrected chi connectivity index (χ4v) is 7.01. The lowest BCUT2D eigenvalue weighted by atomic mass is 10.0. The standard InChI is InChI=1S/C31H39F3N8S/c1-5-40(6-2)13-14-42-23(18-35)15-25-20(3)21(7-8-27(25)42)19-41-11-9-22(10-12-41)37-28-26-16-24(17-31(32,33)34)43-29(26)39-30(36-4)38-28/h7-8,15-16,22H,5-6,9-14,17,19H2,1-4H3,(H2,36,37,38,39). The summed E-state index contributed by atoms with van der Waals surface area (Å²) in [6.07, 6.45) is -3.45. The number of halogens is 3. The molecule has 0 spiro atoms. The lowest BCUT2D eigenvalue weighted by Gasteiger charge is -2.33. The van der Waals surface area contributed by atoms with Gasteiger partial charge in [0.05, 0.1) is 11.8 Å². The van der Waals surface area contributed by atoms with Gasteiger partial charge in [0.15, 0.2) is 0 Å². The Bertz CT molecular complexity index is 1610. The molecule has 4 heterocycles. The van der Waals surface area contributed by atoms with Crippen molar-refractivity contribution in [2.24, 2.45) is 0 Å². The molecule has 0 unspecified atom stereocenters. The maximum absolute atomic E-state index is 13.0. The first-order valence-corrected chi connectivity index (χ1v) is 15.7. The van der Waals surface area contributed by atoms with E-state index < -0.39 is 12.6 Å². The number of aromatic nitrogens is 3. The Morgan fingerprint density at radius 2 is 1.86 bits per heavy atom. The van der Waals surface area contributed by atoms with E-state index in [0.717, 1.165) is 80.9 Å². The second-order valence-electron chi connectivity index (χ2n) is 11.2. The molecule has 0 atom stereocenters. The van der Waals surface area contributed by atoms with Crippen LogP contribution in [0.2, 0.25) is 0 Å². The van der Waals surface area contributed by atoms with Crippen molar-refractivity contribution in [3.63, 3.8) is 0 Å². The summed E-state index contributed by atoms with van der Waals surface area (Å²) in [7, 11) is 1.70. The van der Waals surface area contributed by atoms with E-state index in [-0.39, 0.29) is 10.9 Å². The van der Waals surface area contributed by atoms with E-state index in [9.17, 15) is 18.4 Å². The Hall–Kier alpha value is -3.40. The van der Waals surface area contributed by atoms with Crippen molar-refractivity contribution in [2.75, 3.05) is 50.4 Å². The van der Waals surface area contributed by atoms with Crippen molar-refractivity contribution < 1.29 is 13.2 Å². The second kappa shape index (κ2) is 13.1. The number of alkyl halides is 3. The Balaban J connectivity index is 1.25. The van der Waals surface area contributed by atoms with Crippen LogP contribution in [0, 0.1) is 18.3 Å². The molecule has 0 radical (unpaired) electrons. The van der Waals surface area contributed by atoms with Crippen molar-refractivity contribution in [3.8, 4) is 6.07 Å². The van der Waals surface area contributed by atoms with E-state index >= 15 is 0 Å². The van der Waals surface area contributed by atoms with E-state index in [1.807, 2.05) is 6.07 Å². The van der Waals surface area contributed by atoms with Gasteiger partial charge in [-0.25, -0.2) is 4.98 Å². The van der Waals surface area contributed by atoms with Gasteiger partial charge >= 0.3 is 6.18 Å². The average Bonchev–Trinajstić information content (AvgIpc) is 3.55. The molecule has 5 rings (SSSR count). The third kappa shape index (κ3) is 7.06. The van der Waals surface area contributed by atoms with Crippen LogP contribution < -0.4 is 10.6 Å². The number of piperidine rings is 1. The molecule has 4 aromatic rings. The average molecular weight is 613 g/mol. The first-order chi connectivity index (χ1) is 20.6. The SMILES string of the molecule is CCN(CC)CCn1c(C#N)cc2c(C)c(CN3CCC(Nc4nc(NC)nc5sc(CC(F)(F)F)cc45)CC3)ccc21. The van der Waals surface area contributed by atoms with Crippen LogP contribution in [0.3, 0.4) is 0 Å². The van der Waals surface area contributed by atoms with Gasteiger partial charge in [-0.15, -0.1) is 11.3 Å². The molecule has 3 aromatic heterocycles. The summed E-state index contributed by atoms with van der Waals surface area (Å²) in [6.45, 7) is 12.8. The number of nitrogens with one attached hydrogen (secondary N) is 2. The van der Waals surface area contributed by atoms with Crippen molar-refractivity contribution in [3.05, 3.63) is 46.0 Å². The number of nitrogens with zero attached hydrogens (tertiary/aromatic N) is 6. The number of hydrogen-bond donors (Lipinski definition) is 2. The van der Waals surface area contributed by atoms with E-state index in [4.69, 9.17) is 0 Å². The van der Waals surface area contributed by atoms with Crippen LogP contribution in [0.4, 0.5) is 24.9 Å². The Morgan fingerprint density at radius 3 is 2.51 bits per heavy atom. The minimum absolute atomic E-state index is 0.159. The molecule has 1 aromatic carbocycles. The lowest BCUT2D eigenvalue weighted by molar-refractivity contribution is -0.126. The molecule has 0 aliphatic carbocycles. The largest absolute Gasteiger partial charge is 0.393 e. The zero-order valence-electron chi connectivity index (χ0n) is 25.2. The summed E-state index contributed by atoms with van der Waals surface area (Å²) in [5, 5.41) is 18.0. The number of hydrogen-bond acceptors (Lipinski definition) is 8. The molecule has 0 amide bonds. The van der Waals surface area contributed by atoms with Gasteiger partial charge in [-0.2, -0.15) is 23.4 Å². The van der Waals surface area contributed by atoms with Crippen LogP contribution in [0.15, 0.2) is 24.3 Å². The van der Waals surface area contributed by atoms with E-state index in [1.54, 1.807) is 13.1 Å². The van der Waals surface area contributed by atoms with E-state index in [1.165, 1.54) is 11.1 Å². The number of anilines is 2. The molecule has 0 bridgehead atoms. The zero-order valence-corrected chi connectivity index (χ0v) is 26.0. The normalized spacial score (nSPS) is 15.0. The van der Waals surface area contributed by atoms with Gasteiger partial charge < -0.3 is 20.1 Å². The predicted octanol–water partition coefficient (Wildman–Crippen LogP) is 6.39. The smallest absolute Gasteiger partial charge is 0.367 e. The van der Waals surface area contributed by atoms with E-state index in [2.05, 4.69) is 73.9 Å². The molecule has 1 aliphatic rings. The Kier molecular flexibility index (Phi) is 9.44. The fraction of sp³-hybridized carbons (Fsp3) is 0.516. The lowest BCUT2D eigenvalue weighted by Crippen LogP contribution is -2.39. The molecule has 0 saturated carbocycles. The maximum Gasteiger partial charge on any atom is 0.393 e. The topological polar surface area (TPSA) is 85.0 Å². The molecule has 8 nitrogen and oxygen atoms in total. The summed E-state index contributed by atoms with van der Waals surface area (Å²) < 4.78 is 41.2. The third-order valence-electron chi connectivity index (χ3n) is 8.48. The maximum atomic E-state index is 13.0. The predicted molar refractivity (Wildman–Crippen MR) is 168 cm³/mol. The molecule has 1 aliphatic heterocycles. The van der Waals surface area contributed by atoms with Crippen LogP contribution in [0.5, 0.6) is 0 Å². The first-order valence-electron chi connectivity index (χ1n) is 14.9. The number of rotatable bonds is 11. The van der Waals surface area contributed by atoms with Crippen molar-refractivity contribution >= 4 is 44.2 Å². The highest BCUT2D eigenvalue weighted by Crippen LogP contribution is 2.35. The van der Waals surface area contributed by atoms with E-state index in [0.29, 0.717) is 27.7 Å². The van der Waals surface area contributed by atoms with Crippen molar-refractivity contribution in [2.45, 2.75) is 65.3 Å². The quantitative estimate of drug-likeness (QED) is 0.203. The van der Waals surface area contributed by atoms with Gasteiger partial charge in [0.1, 0.15) is 22.4 Å². The molecule has 12 heteroatoms. The summed E-state index contributed by atoms with van der Waals surface area (Å²) in [5.74, 6) is 0.970. The molecule has 1 fully saturated rings. The third-order valence-corrected chi connectivity index (χ3v) is 9.51. The Morgan fingerprint density at radius 1 is 1.12 bits per heavy atom. The molecule has 1 saturated heterocycles. The number of aryl methyl sites for hydroxylation is 1. The molecule has 230 valence electrons.